The van der Waals surface area contributed by atoms with Crippen LogP contribution in [0.3, 0.4) is 0 Å². The van der Waals surface area contributed by atoms with Crippen LogP contribution in [-0.2, 0) is 0 Å². The van der Waals surface area contributed by atoms with Crippen molar-refractivity contribution in [1.29, 1.82) is 0 Å². The molecule has 122 valence electrons. The summed E-state index contributed by atoms with van der Waals surface area (Å²) in [5.74, 6) is 1.000. The van der Waals surface area contributed by atoms with Crippen molar-refractivity contribution in [2.45, 2.75) is 0 Å². The molecule has 2 heterocycles. The number of aromatic nitrogens is 4. The van der Waals surface area contributed by atoms with Crippen LogP contribution in [0, 0.1) is 0 Å². The van der Waals surface area contributed by atoms with E-state index in [0.717, 1.165) is 5.56 Å². The normalized spacial score (nSPS) is 10.8. The molecule has 0 aliphatic rings. The fraction of sp³-hybridized carbons (Fsp3) is 0.125. The van der Waals surface area contributed by atoms with Gasteiger partial charge in [0.2, 0.25) is 5.43 Å². The molecule has 0 unspecified atom stereocenters. The number of rotatable bonds is 4. The van der Waals surface area contributed by atoms with E-state index in [0.29, 0.717) is 33.5 Å². The number of benzene rings is 2. The second-order valence-corrected chi connectivity index (χ2v) is 5.12. The van der Waals surface area contributed by atoms with Crippen LogP contribution in [0.25, 0.3) is 33.3 Å². The van der Waals surface area contributed by atoms with Crippen molar-refractivity contribution in [3.63, 3.8) is 0 Å². The summed E-state index contributed by atoms with van der Waals surface area (Å²) in [7, 11) is 0. The average Bonchev–Trinajstić information content (AvgIpc) is 3.14. The Balaban J connectivity index is 0.00000182. The summed E-state index contributed by atoms with van der Waals surface area (Å²) in [6.45, 7) is 0.0721. The molecule has 0 bridgehead atoms. The third-order valence-electron chi connectivity index (χ3n) is 3.62. The molecule has 2 aromatic heterocycles. The van der Waals surface area contributed by atoms with E-state index in [-0.39, 0.29) is 48.2 Å². The van der Waals surface area contributed by atoms with Gasteiger partial charge in [-0.3, -0.25) is 4.79 Å². The molecule has 4 aromatic rings. The van der Waals surface area contributed by atoms with Gasteiger partial charge in [0.15, 0.2) is 5.82 Å². The van der Waals surface area contributed by atoms with Crippen molar-refractivity contribution in [1.82, 2.24) is 20.6 Å². The van der Waals surface area contributed by atoms with Gasteiger partial charge in [-0.15, -0.1) is 5.10 Å². The van der Waals surface area contributed by atoms with Crippen molar-refractivity contribution in [3.05, 3.63) is 46.6 Å². The number of nitrogens with one attached hydrogen (secondary N) is 1. The summed E-state index contributed by atoms with van der Waals surface area (Å²) in [6, 6.07) is 10.1. The van der Waals surface area contributed by atoms with Gasteiger partial charge in [0.05, 0.1) is 17.4 Å². The summed E-state index contributed by atoms with van der Waals surface area (Å²) in [6.07, 6.45) is 0. The molecule has 0 fully saturated rings. The van der Waals surface area contributed by atoms with Crippen molar-refractivity contribution in [3.8, 4) is 17.1 Å². The van der Waals surface area contributed by atoms with Crippen molar-refractivity contribution >= 4 is 51.5 Å². The van der Waals surface area contributed by atoms with Gasteiger partial charge in [-0.25, -0.2) is 5.10 Å². The van der Waals surface area contributed by atoms with E-state index in [9.17, 15) is 4.79 Å². The van der Waals surface area contributed by atoms with Crippen LogP contribution < -0.4 is 10.2 Å². The average molecular weight is 348 g/mol. The van der Waals surface area contributed by atoms with Crippen LogP contribution in [-0.4, -0.2) is 68.5 Å². The first-order valence-electron chi connectivity index (χ1n) is 7.24. The fourth-order valence-electron chi connectivity index (χ4n) is 2.52. The van der Waals surface area contributed by atoms with E-state index in [1.165, 1.54) is 0 Å². The molecular formula is C16H13N4NaO4. The Morgan fingerprint density at radius 3 is 2.76 bits per heavy atom. The number of hydrogen-bond donors (Lipinski definition) is 2. The van der Waals surface area contributed by atoms with Gasteiger partial charge in [0.25, 0.3) is 0 Å². The molecule has 0 spiro atoms. The zero-order valence-corrected chi connectivity index (χ0v) is 12.4. The molecular weight excluding hydrogens is 335 g/mol. The van der Waals surface area contributed by atoms with Gasteiger partial charge in [-0.05, 0) is 40.8 Å². The Labute approximate surface area is 163 Å². The van der Waals surface area contributed by atoms with Gasteiger partial charge in [-0.2, -0.15) is 0 Å². The summed E-state index contributed by atoms with van der Waals surface area (Å²) >= 11 is 0. The molecule has 0 atom stereocenters. The standard InChI is InChI=1S/C16H12N4O4.Na.H/c21-5-6-23-10-2-4-13-12(8-10)15(22)11-3-1-9(7-14(11)24-13)16-17-19-20-18-16;;/h1-4,7-8,21H,5-6H2,(H,17,18,19,20);;. The van der Waals surface area contributed by atoms with E-state index in [1.807, 2.05) is 0 Å². The molecule has 25 heavy (non-hydrogen) atoms. The van der Waals surface area contributed by atoms with E-state index >= 15 is 0 Å². The van der Waals surface area contributed by atoms with Gasteiger partial charge in [0, 0.05) is 5.56 Å². The Morgan fingerprint density at radius 2 is 2.00 bits per heavy atom. The number of aliphatic hydroxyl groups excluding tert-OH is 1. The van der Waals surface area contributed by atoms with Crippen molar-refractivity contribution < 1.29 is 14.3 Å². The van der Waals surface area contributed by atoms with Gasteiger partial charge in [-0.1, -0.05) is 6.07 Å². The second kappa shape index (κ2) is 7.32. The van der Waals surface area contributed by atoms with Gasteiger partial charge in [0.1, 0.15) is 23.5 Å². The summed E-state index contributed by atoms with van der Waals surface area (Å²) < 4.78 is 11.2. The summed E-state index contributed by atoms with van der Waals surface area (Å²) in [4.78, 5) is 12.7. The maximum absolute atomic E-state index is 12.7. The molecule has 0 amide bonds. The van der Waals surface area contributed by atoms with Crippen molar-refractivity contribution in [2.24, 2.45) is 0 Å². The Kier molecular flexibility index (Phi) is 5.14. The molecule has 0 radical (unpaired) electrons. The third-order valence-corrected chi connectivity index (χ3v) is 3.62. The molecule has 2 aromatic carbocycles. The fourth-order valence-corrected chi connectivity index (χ4v) is 2.52. The molecule has 8 nitrogen and oxygen atoms in total. The zero-order valence-electron chi connectivity index (χ0n) is 12.4. The monoisotopic (exact) mass is 348 g/mol. The molecule has 0 aliphatic carbocycles. The molecule has 0 aliphatic heterocycles. The summed E-state index contributed by atoms with van der Waals surface area (Å²) in [5, 5.41) is 23.3. The number of aliphatic hydroxyl groups is 1. The first-order valence-corrected chi connectivity index (χ1v) is 7.24. The minimum atomic E-state index is -0.150. The van der Waals surface area contributed by atoms with E-state index in [2.05, 4.69) is 20.6 Å². The molecule has 4 rings (SSSR count). The third kappa shape index (κ3) is 3.29. The van der Waals surface area contributed by atoms with Crippen LogP contribution in [0.4, 0.5) is 0 Å². The minimum absolute atomic E-state index is 0. The number of fused-ring (bicyclic) bond motifs is 2. The van der Waals surface area contributed by atoms with E-state index in [1.54, 1.807) is 36.4 Å². The van der Waals surface area contributed by atoms with Crippen LogP contribution in [0.15, 0.2) is 45.6 Å². The second-order valence-electron chi connectivity index (χ2n) is 5.12. The Morgan fingerprint density at radius 1 is 1.12 bits per heavy atom. The van der Waals surface area contributed by atoms with E-state index in [4.69, 9.17) is 14.3 Å². The van der Waals surface area contributed by atoms with Crippen LogP contribution >= 0.6 is 0 Å². The number of aromatic amines is 1. The predicted molar refractivity (Wildman–Crippen MR) is 92.9 cm³/mol. The van der Waals surface area contributed by atoms with Crippen LogP contribution in [0.2, 0.25) is 0 Å². The first-order chi connectivity index (χ1) is 11.8. The maximum atomic E-state index is 12.7. The number of nitrogens with zero attached hydrogens (tertiary/aromatic N) is 3. The Hall–Kier alpha value is -2.26. The van der Waals surface area contributed by atoms with E-state index < -0.39 is 0 Å². The van der Waals surface area contributed by atoms with Gasteiger partial charge >= 0.3 is 29.6 Å². The number of ether oxygens (including phenoxy) is 1. The molecule has 0 saturated carbocycles. The Bertz CT molecular complexity index is 1080. The SMILES string of the molecule is O=c1c2ccc(-c3nnn[nH]3)cc2oc2ccc(OCCO)cc12.[NaH]. The quantitative estimate of drug-likeness (QED) is 0.415. The first kappa shape index (κ1) is 17.6. The number of tetrazole rings is 1. The molecule has 2 N–H and O–H groups in total. The number of hydrogen-bond acceptors (Lipinski definition) is 7. The number of H-pyrrole nitrogens is 1. The van der Waals surface area contributed by atoms with Crippen molar-refractivity contribution in [2.75, 3.05) is 13.2 Å². The zero-order chi connectivity index (χ0) is 16.5. The molecule has 9 heteroatoms. The van der Waals surface area contributed by atoms with Crippen LogP contribution in [0.1, 0.15) is 0 Å². The topological polar surface area (TPSA) is 114 Å². The van der Waals surface area contributed by atoms with Crippen LogP contribution in [0.5, 0.6) is 5.75 Å². The van der Waals surface area contributed by atoms with Gasteiger partial charge < -0.3 is 14.3 Å². The molecule has 0 saturated heterocycles. The predicted octanol–water partition coefficient (Wildman–Crippen LogP) is 0.849. The summed E-state index contributed by atoms with van der Waals surface area (Å²) in [5.41, 5.74) is 1.47.